The van der Waals surface area contributed by atoms with Crippen LogP contribution in [0.2, 0.25) is 0 Å². The van der Waals surface area contributed by atoms with Crippen LogP contribution < -0.4 is 5.32 Å². The van der Waals surface area contributed by atoms with Crippen molar-refractivity contribution in [1.82, 2.24) is 35.3 Å². The number of sulfone groups is 1. The number of rotatable bonds is 11. The molecule has 2 aromatic heterocycles. The van der Waals surface area contributed by atoms with Gasteiger partial charge in [0.15, 0.2) is 5.69 Å². The normalized spacial score (nSPS) is 11.5. The van der Waals surface area contributed by atoms with Gasteiger partial charge < -0.3 is 5.32 Å². The first-order valence-electron chi connectivity index (χ1n) is 10.1. The number of hydrogen-bond donors (Lipinski definition) is 1. The fourth-order valence-corrected chi connectivity index (χ4v) is 3.53. The van der Waals surface area contributed by atoms with Crippen LogP contribution in [0.1, 0.15) is 40.2 Å². The zero-order valence-electron chi connectivity index (χ0n) is 17.7. The van der Waals surface area contributed by atoms with Gasteiger partial charge in [0.25, 0.3) is 5.91 Å². The lowest BCUT2D eigenvalue weighted by molar-refractivity contribution is 0.0945. The quantitative estimate of drug-likeness (QED) is 0.439. The van der Waals surface area contributed by atoms with E-state index in [0.29, 0.717) is 25.3 Å². The van der Waals surface area contributed by atoms with Crippen LogP contribution in [0.4, 0.5) is 0 Å². The Labute approximate surface area is 181 Å². The van der Waals surface area contributed by atoms with E-state index in [1.54, 1.807) is 21.8 Å². The number of aryl methyl sites for hydroxylation is 4. The van der Waals surface area contributed by atoms with Crippen molar-refractivity contribution in [3.8, 4) is 0 Å². The number of aromatic nitrogens is 6. The lowest BCUT2D eigenvalue weighted by atomic mass is 10.1. The van der Waals surface area contributed by atoms with E-state index >= 15 is 0 Å². The molecule has 166 valence electrons. The molecule has 31 heavy (non-hydrogen) atoms. The second-order valence-electron chi connectivity index (χ2n) is 7.60. The van der Waals surface area contributed by atoms with Crippen LogP contribution in [-0.4, -0.2) is 56.3 Å². The number of amides is 1. The first-order valence-corrected chi connectivity index (χ1v) is 12.2. The molecule has 1 aromatic carbocycles. The van der Waals surface area contributed by atoms with Crippen molar-refractivity contribution < 1.29 is 13.2 Å². The lowest BCUT2D eigenvalue weighted by Gasteiger charge is -2.04. The Balaban J connectivity index is 1.38. The monoisotopic (exact) mass is 445 g/mol. The number of benzene rings is 1. The van der Waals surface area contributed by atoms with Gasteiger partial charge in [-0.3, -0.25) is 14.2 Å². The topological polar surface area (TPSA) is 125 Å². The van der Waals surface area contributed by atoms with Crippen molar-refractivity contribution >= 4 is 15.7 Å². The number of carbonyl (C=O) groups excluding carboxylic acids is 1. The Bertz CT molecular complexity index is 1120. The highest BCUT2D eigenvalue weighted by atomic mass is 32.2. The van der Waals surface area contributed by atoms with E-state index in [1.807, 2.05) is 31.2 Å². The van der Waals surface area contributed by atoms with Crippen LogP contribution in [0.5, 0.6) is 0 Å². The minimum absolute atomic E-state index is 0.0446. The second kappa shape index (κ2) is 10.3. The van der Waals surface area contributed by atoms with E-state index in [1.165, 1.54) is 6.26 Å². The highest BCUT2D eigenvalue weighted by Crippen LogP contribution is 2.05. The fourth-order valence-electron chi connectivity index (χ4n) is 3.01. The molecular weight excluding hydrogens is 418 g/mol. The summed E-state index contributed by atoms with van der Waals surface area (Å²) in [6.45, 7) is 3.40. The molecule has 0 aliphatic carbocycles. The summed E-state index contributed by atoms with van der Waals surface area (Å²) in [5.74, 6) is -0.207. The third kappa shape index (κ3) is 7.59. The number of nitrogens with zero attached hydrogens (tertiary/aromatic N) is 6. The van der Waals surface area contributed by atoms with Crippen LogP contribution in [0.3, 0.4) is 0 Å². The van der Waals surface area contributed by atoms with Crippen molar-refractivity contribution in [2.45, 2.75) is 45.8 Å². The molecule has 0 atom stereocenters. The number of unbranched alkanes of at least 4 members (excludes halogenated alkanes) is 1. The average molecular weight is 446 g/mol. The molecule has 10 nitrogen and oxygen atoms in total. The molecular formula is C20H27N7O3S. The van der Waals surface area contributed by atoms with E-state index in [2.05, 4.69) is 25.9 Å². The Morgan fingerprint density at radius 2 is 1.84 bits per heavy atom. The molecule has 1 N–H and O–H groups in total. The van der Waals surface area contributed by atoms with Crippen molar-refractivity contribution in [3.05, 3.63) is 59.2 Å². The van der Waals surface area contributed by atoms with Gasteiger partial charge >= 0.3 is 0 Å². The van der Waals surface area contributed by atoms with Crippen molar-refractivity contribution in [3.63, 3.8) is 0 Å². The SMILES string of the molecule is Cc1cccc(CNC(=O)c2cn(CCCCc3cn(CCS(C)(=O)=O)nn3)nn2)c1. The van der Waals surface area contributed by atoms with E-state index in [0.717, 1.165) is 36.1 Å². The Morgan fingerprint density at radius 3 is 2.61 bits per heavy atom. The first-order chi connectivity index (χ1) is 14.8. The summed E-state index contributed by atoms with van der Waals surface area (Å²) in [4.78, 5) is 12.3. The third-order valence-electron chi connectivity index (χ3n) is 4.65. The van der Waals surface area contributed by atoms with E-state index in [-0.39, 0.29) is 11.7 Å². The Hall–Kier alpha value is -3.08. The van der Waals surface area contributed by atoms with Gasteiger partial charge in [-0.15, -0.1) is 10.2 Å². The maximum absolute atomic E-state index is 12.3. The molecule has 1 amide bonds. The van der Waals surface area contributed by atoms with Gasteiger partial charge in [0.2, 0.25) is 0 Å². The summed E-state index contributed by atoms with van der Waals surface area (Å²) in [6, 6.07) is 7.97. The summed E-state index contributed by atoms with van der Waals surface area (Å²) in [5, 5.41) is 18.9. The zero-order valence-corrected chi connectivity index (χ0v) is 18.5. The fraction of sp³-hybridized carbons (Fsp3) is 0.450. The molecule has 3 aromatic rings. The van der Waals surface area contributed by atoms with Gasteiger partial charge in [0.05, 0.1) is 24.2 Å². The van der Waals surface area contributed by atoms with Crippen LogP contribution in [0, 0.1) is 6.92 Å². The van der Waals surface area contributed by atoms with E-state index < -0.39 is 9.84 Å². The predicted octanol–water partition coefficient (Wildman–Crippen LogP) is 1.18. The number of hydrogen-bond acceptors (Lipinski definition) is 7. The molecule has 0 spiro atoms. The van der Waals surface area contributed by atoms with Gasteiger partial charge in [-0.05, 0) is 31.7 Å². The van der Waals surface area contributed by atoms with Crippen molar-refractivity contribution in [1.29, 1.82) is 0 Å². The van der Waals surface area contributed by atoms with Crippen molar-refractivity contribution in [2.75, 3.05) is 12.0 Å². The standard InChI is InChI=1S/C20H27N7O3S/c1-16-6-5-7-17(12-16)13-21-20(28)19-15-26(25-23-19)9-4-3-8-18-14-27(24-22-18)10-11-31(2,29)30/h5-7,12,14-15H,3-4,8-11,13H2,1-2H3,(H,21,28). The molecule has 0 saturated carbocycles. The molecule has 3 rings (SSSR count). The highest BCUT2D eigenvalue weighted by Gasteiger charge is 2.11. The minimum atomic E-state index is -3.02. The highest BCUT2D eigenvalue weighted by molar-refractivity contribution is 7.90. The maximum Gasteiger partial charge on any atom is 0.273 e. The maximum atomic E-state index is 12.3. The molecule has 11 heteroatoms. The van der Waals surface area contributed by atoms with Gasteiger partial charge in [-0.25, -0.2) is 8.42 Å². The average Bonchev–Trinajstić information content (AvgIpc) is 3.37. The minimum Gasteiger partial charge on any atom is -0.347 e. The first kappa shape index (κ1) is 22.6. The molecule has 0 unspecified atom stereocenters. The smallest absolute Gasteiger partial charge is 0.273 e. The molecule has 0 radical (unpaired) electrons. The van der Waals surface area contributed by atoms with Crippen LogP contribution in [0.25, 0.3) is 0 Å². The molecule has 0 saturated heterocycles. The van der Waals surface area contributed by atoms with Crippen LogP contribution >= 0.6 is 0 Å². The van der Waals surface area contributed by atoms with Crippen LogP contribution in [-0.2, 0) is 35.9 Å². The number of carbonyl (C=O) groups is 1. The molecule has 0 bridgehead atoms. The third-order valence-corrected chi connectivity index (χ3v) is 5.58. The molecule has 0 fully saturated rings. The Kier molecular flexibility index (Phi) is 7.50. The molecule has 0 aliphatic heterocycles. The van der Waals surface area contributed by atoms with Gasteiger partial charge in [-0.1, -0.05) is 40.3 Å². The summed E-state index contributed by atoms with van der Waals surface area (Å²) >= 11 is 0. The summed E-state index contributed by atoms with van der Waals surface area (Å²) in [5.41, 5.74) is 3.30. The second-order valence-corrected chi connectivity index (χ2v) is 9.86. The predicted molar refractivity (Wildman–Crippen MR) is 115 cm³/mol. The summed E-state index contributed by atoms with van der Waals surface area (Å²) < 4.78 is 25.6. The molecule has 0 aliphatic rings. The zero-order chi connectivity index (χ0) is 22.3. The van der Waals surface area contributed by atoms with E-state index in [4.69, 9.17) is 0 Å². The van der Waals surface area contributed by atoms with Gasteiger partial charge in [0.1, 0.15) is 9.84 Å². The number of nitrogens with one attached hydrogen (secondary N) is 1. The van der Waals surface area contributed by atoms with Crippen LogP contribution in [0.15, 0.2) is 36.7 Å². The van der Waals surface area contributed by atoms with E-state index in [9.17, 15) is 13.2 Å². The van der Waals surface area contributed by atoms with Gasteiger partial charge in [-0.2, -0.15) is 0 Å². The summed E-state index contributed by atoms with van der Waals surface area (Å²) in [6.07, 6.45) is 7.05. The Morgan fingerprint density at radius 1 is 1.06 bits per heavy atom. The molecule has 2 heterocycles. The van der Waals surface area contributed by atoms with Crippen molar-refractivity contribution in [2.24, 2.45) is 0 Å². The lowest BCUT2D eigenvalue weighted by Crippen LogP contribution is -2.23. The summed E-state index contributed by atoms with van der Waals surface area (Å²) in [7, 11) is -3.02. The largest absolute Gasteiger partial charge is 0.347 e. The van der Waals surface area contributed by atoms with Gasteiger partial charge in [0, 0.05) is 25.5 Å².